The molecule has 2 aromatic rings. The van der Waals surface area contributed by atoms with E-state index in [-0.39, 0.29) is 12.4 Å². The molecule has 164 valence electrons. The predicted octanol–water partition coefficient (Wildman–Crippen LogP) is 5.86. The van der Waals surface area contributed by atoms with E-state index in [4.69, 9.17) is 19.3 Å². The number of carboxylic acid groups (broad SMARTS) is 1. The van der Waals surface area contributed by atoms with E-state index < -0.39 is 5.97 Å². The molecule has 0 aliphatic rings. The maximum atomic E-state index is 11.0. The van der Waals surface area contributed by atoms with Crippen LogP contribution in [0.15, 0.2) is 57.5 Å². The van der Waals surface area contributed by atoms with Crippen molar-refractivity contribution in [2.45, 2.75) is 32.6 Å². The first kappa shape index (κ1) is 26.0. The minimum atomic E-state index is -0.789. The highest BCUT2D eigenvalue weighted by Gasteiger charge is 2.01. The summed E-state index contributed by atoms with van der Waals surface area (Å²) in [4.78, 5) is 21.2. The molecule has 0 spiro atoms. The van der Waals surface area contributed by atoms with E-state index in [2.05, 4.69) is 31.9 Å². The maximum Gasteiger partial charge on any atom is 0.305 e. The molecule has 2 rings (SSSR count). The Balaban J connectivity index is 0.000000303. The molecule has 2 aromatic carbocycles. The van der Waals surface area contributed by atoms with Crippen LogP contribution in [0.1, 0.15) is 32.6 Å². The lowest BCUT2D eigenvalue weighted by Crippen LogP contribution is -2.06. The number of rotatable bonds is 11. The normalized spacial score (nSPS) is 9.83. The molecule has 0 radical (unpaired) electrons. The van der Waals surface area contributed by atoms with Crippen LogP contribution in [0.2, 0.25) is 0 Å². The lowest BCUT2D eigenvalue weighted by molar-refractivity contribution is -0.143. The highest BCUT2D eigenvalue weighted by Crippen LogP contribution is 2.18. The van der Waals surface area contributed by atoms with E-state index in [1.165, 1.54) is 0 Å². The Morgan fingerprint density at radius 2 is 1.37 bits per heavy atom. The van der Waals surface area contributed by atoms with Gasteiger partial charge in [-0.05, 0) is 56.2 Å². The quantitative estimate of drug-likeness (QED) is 0.281. The number of esters is 1. The van der Waals surface area contributed by atoms with Crippen molar-refractivity contribution in [1.29, 1.82) is 0 Å². The van der Waals surface area contributed by atoms with Gasteiger partial charge in [0.1, 0.15) is 11.5 Å². The molecule has 0 bridgehead atoms. The summed E-state index contributed by atoms with van der Waals surface area (Å²) in [5, 5.41) is 8.39. The zero-order valence-electron chi connectivity index (χ0n) is 16.8. The summed E-state index contributed by atoms with van der Waals surface area (Å²) in [5.41, 5.74) is 0. The minimum Gasteiger partial charge on any atom is -0.494 e. The van der Waals surface area contributed by atoms with Crippen LogP contribution in [0.5, 0.6) is 11.5 Å². The van der Waals surface area contributed by atoms with Gasteiger partial charge in [-0.2, -0.15) is 0 Å². The van der Waals surface area contributed by atoms with Gasteiger partial charge >= 0.3 is 11.9 Å². The average molecular weight is 546 g/mol. The lowest BCUT2D eigenvalue weighted by atomic mass is 10.3. The second-order valence-corrected chi connectivity index (χ2v) is 7.85. The second kappa shape index (κ2) is 15.7. The highest BCUT2D eigenvalue weighted by molar-refractivity contribution is 9.10. The van der Waals surface area contributed by atoms with Gasteiger partial charge in [-0.25, -0.2) is 0 Å². The topological polar surface area (TPSA) is 82.1 Å². The summed E-state index contributed by atoms with van der Waals surface area (Å²) >= 11 is 6.68. The van der Waals surface area contributed by atoms with Crippen LogP contribution in [-0.4, -0.2) is 36.9 Å². The number of carbonyl (C=O) groups is 2. The summed E-state index contributed by atoms with van der Waals surface area (Å²) in [7, 11) is 0. The van der Waals surface area contributed by atoms with Crippen molar-refractivity contribution in [3.63, 3.8) is 0 Å². The fraction of sp³-hybridized carbons (Fsp3) is 0.364. The van der Waals surface area contributed by atoms with Crippen LogP contribution in [0.3, 0.4) is 0 Å². The first-order chi connectivity index (χ1) is 14.4. The Hall–Kier alpha value is -2.06. The number of aliphatic carboxylic acids is 1. The van der Waals surface area contributed by atoms with E-state index in [9.17, 15) is 9.59 Å². The van der Waals surface area contributed by atoms with E-state index in [0.29, 0.717) is 39.1 Å². The van der Waals surface area contributed by atoms with Crippen molar-refractivity contribution in [2.24, 2.45) is 0 Å². The van der Waals surface area contributed by atoms with Crippen LogP contribution in [0, 0.1) is 0 Å². The van der Waals surface area contributed by atoms with Crippen LogP contribution >= 0.6 is 31.9 Å². The average Bonchev–Trinajstić information content (AvgIpc) is 2.69. The number of carboxylic acids is 1. The zero-order chi connectivity index (χ0) is 22.2. The zero-order valence-corrected chi connectivity index (χ0v) is 20.0. The molecule has 0 aliphatic carbocycles. The van der Waals surface area contributed by atoms with Crippen molar-refractivity contribution in [1.82, 2.24) is 0 Å². The van der Waals surface area contributed by atoms with Gasteiger partial charge in [0, 0.05) is 21.8 Å². The Morgan fingerprint density at radius 3 is 1.80 bits per heavy atom. The lowest BCUT2D eigenvalue weighted by Gasteiger charge is -2.06. The summed E-state index contributed by atoms with van der Waals surface area (Å²) in [6.07, 6.45) is 1.75. The first-order valence-corrected chi connectivity index (χ1v) is 11.1. The largest absolute Gasteiger partial charge is 0.494 e. The summed E-state index contributed by atoms with van der Waals surface area (Å²) in [6, 6.07) is 15.1. The van der Waals surface area contributed by atoms with E-state index in [1.807, 2.05) is 48.5 Å². The number of carbonyl (C=O) groups excluding carboxylic acids is 1. The monoisotopic (exact) mass is 544 g/mol. The Kier molecular flexibility index (Phi) is 13.6. The molecule has 8 heteroatoms. The molecule has 0 saturated carbocycles. The Bertz CT molecular complexity index is 782. The van der Waals surface area contributed by atoms with Crippen molar-refractivity contribution < 1.29 is 28.9 Å². The minimum absolute atomic E-state index is 0.147. The highest BCUT2D eigenvalue weighted by atomic mass is 79.9. The summed E-state index contributed by atoms with van der Waals surface area (Å²) < 4.78 is 17.6. The van der Waals surface area contributed by atoms with Gasteiger partial charge in [0.2, 0.25) is 0 Å². The van der Waals surface area contributed by atoms with E-state index in [0.717, 1.165) is 20.4 Å². The number of benzene rings is 2. The number of hydrogen-bond donors (Lipinski definition) is 1. The third-order valence-electron chi connectivity index (χ3n) is 3.50. The van der Waals surface area contributed by atoms with E-state index in [1.54, 1.807) is 6.92 Å². The predicted molar refractivity (Wildman–Crippen MR) is 122 cm³/mol. The summed E-state index contributed by atoms with van der Waals surface area (Å²) in [6.45, 7) is 3.19. The summed E-state index contributed by atoms with van der Waals surface area (Å²) in [5.74, 6) is 0.603. The maximum absolute atomic E-state index is 11.0. The van der Waals surface area contributed by atoms with E-state index >= 15 is 0 Å². The Labute approximate surface area is 193 Å². The third-order valence-corrected chi connectivity index (χ3v) is 4.48. The van der Waals surface area contributed by atoms with Gasteiger partial charge in [-0.3, -0.25) is 9.59 Å². The van der Waals surface area contributed by atoms with Gasteiger partial charge < -0.3 is 19.3 Å². The molecule has 0 aromatic heterocycles. The molecule has 30 heavy (non-hydrogen) atoms. The van der Waals surface area contributed by atoms with Gasteiger partial charge in [0.25, 0.3) is 0 Å². The Morgan fingerprint density at radius 1 is 0.867 bits per heavy atom. The van der Waals surface area contributed by atoms with Gasteiger partial charge in [-0.15, -0.1) is 0 Å². The van der Waals surface area contributed by atoms with Crippen molar-refractivity contribution in [3.05, 3.63) is 57.5 Å². The molecule has 0 unspecified atom stereocenters. The number of hydrogen-bond acceptors (Lipinski definition) is 5. The molecular weight excluding hydrogens is 520 g/mol. The molecular formula is C22H26Br2O6. The molecule has 0 aliphatic heterocycles. The second-order valence-electron chi connectivity index (χ2n) is 6.02. The van der Waals surface area contributed by atoms with Crippen LogP contribution in [-0.2, 0) is 14.3 Å². The molecule has 0 heterocycles. The fourth-order valence-electron chi connectivity index (χ4n) is 2.17. The molecule has 1 N–H and O–H groups in total. The van der Waals surface area contributed by atoms with Gasteiger partial charge in [0.05, 0.1) is 19.8 Å². The third kappa shape index (κ3) is 13.2. The SMILES string of the molecule is CCOC(=O)CCCOc1cccc(Br)c1.O=C(O)CCCOc1cccc(Br)c1. The number of halogens is 2. The van der Waals surface area contributed by atoms with Gasteiger partial charge in [0.15, 0.2) is 0 Å². The smallest absolute Gasteiger partial charge is 0.305 e. The first-order valence-electron chi connectivity index (χ1n) is 9.55. The van der Waals surface area contributed by atoms with Gasteiger partial charge in [-0.1, -0.05) is 44.0 Å². The van der Waals surface area contributed by atoms with Crippen molar-refractivity contribution in [3.8, 4) is 11.5 Å². The molecule has 0 fully saturated rings. The standard InChI is InChI=1S/C12H15BrO3.C10H11BrO3/c1-2-15-12(14)7-4-8-16-11-6-3-5-10(13)9-11;11-8-3-1-4-9(7-8)14-6-2-5-10(12)13/h3,5-6,9H,2,4,7-8H2,1H3;1,3-4,7H,2,5-6H2,(H,12,13). The molecule has 6 nitrogen and oxygen atoms in total. The van der Waals surface area contributed by atoms with Crippen LogP contribution in [0.25, 0.3) is 0 Å². The molecule has 0 amide bonds. The molecule has 0 atom stereocenters. The fourth-order valence-corrected chi connectivity index (χ4v) is 2.92. The van der Waals surface area contributed by atoms with Crippen molar-refractivity contribution >= 4 is 43.8 Å². The van der Waals surface area contributed by atoms with Crippen LogP contribution < -0.4 is 9.47 Å². The van der Waals surface area contributed by atoms with Crippen LogP contribution in [0.4, 0.5) is 0 Å². The number of ether oxygens (including phenoxy) is 3. The molecule has 0 saturated heterocycles. The van der Waals surface area contributed by atoms with Crippen molar-refractivity contribution in [2.75, 3.05) is 19.8 Å².